The molecule has 1 atom stereocenters. The zero-order valence-corrected chi connectivity index (χ0v) is 16.0. The Morgan fingerprint density at radius 2 is 1.96 bits per heavy atom. The predicted octanol–water partition coefficient (Wildman–Crippen LogP) is 3.31. The van der Waals surface area contributed by atoms with Gasteiger partial charge in [-0.3, -0.25) is 0 Å². The second kappa shape index (κ2) is 7.84. The number of aromatic nitrogens is 1. The van der Waals surface area contributed by atoms with Crippen molar-refractivity contribution in [3.63, 3.8) is 0 Å². The fraction of sp³-hybridized carbons (Fsp3) is 0.333. The van der Waals surface area contributed by atoms with Crippen molar-refractivity contribution in [2.45, 2.75) is 35.2 Å². The van der Waals surface area contributed by atoms with Crippen LogP contribution < -0.4 is 5.32 Å². The molecule has 6 heteroatoms. The first kappa shape index (κ1) is 18.2. The molecule has 1 fully saturated rings. The molecule has 0 aliphatic carbocycles. The maximum absolute atomic E-state index is 13.1. The van der Waals surface area contributed by atoms with Gasteiger partial charge in [0, 0.05) is 30.3 Å². The summed E-state index contributed by atoms with van der Waals surface area (Å²) in [7, 11) is -3.56. The zero-order chi connectivity index (χ0) is 18.7. The average Bonchev–Trinajstić information content (AvgIpc) is 3.36. The van der Waals surface area contributed by atoms with Crippen LogP contribution in [0.3, 0.4) is 0 Å². The maximum Gasteiger partial charge on any atom is 0.208 e. The Labute approximate surface area is 159 Å². The zero-order valence-electron chi connectivity index (χ0n) is 15.1. The van der Waals surface area contributed by atoms with E-state index in [1.165, 1.54) is 0 Å². The number of aromatic amines is 1. The van der Waals surface area contributed by atoms with Crippen molar-refractivity contribution >= 4 is 20.7 Å². The molecular formula is C21H24N2O3S. The minimum absolute atomic E-state index is 0.307. The second-order valence-corrected chi connectivity index (χ2v) is 8.82. The summed E-state index contributed by atoms with van der Waals surface area (Å²) in [5, 5.41) is 4.23. The number of nitrogens with one attached hydrogen (secondary N) is 2. The third-order valence-electron chi connectivity index (χ3n) is 5.07. The maximum atomic E-state index is 13.1. The summed E-state index contributed by atoms with van der Waals surface area (Å²) in [4.78, 5) is 3.78. The molecule has 0 amide bonds. The number of ether oxygens (including phenoxy) is 1. The molecule has 1 aliphatic heterocycles. The minimum Gasteiger partial charge on any atom is -0.377 e. The van der Waals surface area contributed by atoms with Crippen molar-refractivity contribution in [3.05, 3.63) is 60.3 Å². The molecule has 1 unspecified atom stereocenters. The number of sulfone groups is 1. The number of hydrogen-bond donors (Lipinski definition) is 2. The summed E-state index contributed by atoms with van der Waals surface area (Å²) >= 11 is 0. The van der Waals surface area contributed by atoms with Crippen LogP contribution in [0, 0.1) is 0 Å². The van der Waals surface area contributed by atoms with Gasteiger partial charge in [-0.1, -0.05) is 30.3 Å². The fourth-order valence-corrected chi connectivity index (χ4v) is 5.16. The van der Waals surface area contributed by atoms with Gasteiger partial charge in [-0.15, -0.1) is 0 Å². The summed E-state index contributed by atoms with van der Waals surface area (Å²) in [5.74, 6) is 0. The third-order valence-corrected chi connectivity index (χ3v) is 6.86. The number of benzene rings is 2. The number of H-pyrrole nitrogens is 1. The molecule has 142 valence electrons. The van der Waals surface area contributed by atoms with Crippen molar-refractivity contribution in [1.82, 2.24) is 10.3 Å². The van der Waals surface area contributed by atoms with E-state index in [9.17, 15) is 8.42 Å². The molecule has 0 bridgehead atoms. The van der Waals surface area contributed by atoms with Gasteiger partial charge in [-0.05, 0) is 49.6 Å². The van der Waals surface area contributed by atoms with Crippen LogP contribution in [0.1, 0.15) is 18.4 Å². The van der Waals surface area contributed by atoms with Crippen molar-refractivity contribution < 1.29 is 13.2 Å². The van der Waals surface area contributed by atoms with Gasteiger partial charge in [0.25, 0.3) is 0 Å². The standard InChI is InChI=1S/C21H24N2O3S/c24-27(25,18-8-2-1-3-9-18)20-15-23-19-10-4-6-16(21(19)20)11-12-22-14-17-7-5-13-26-17/h1-4,6,8-10,15,17,22-23H,5,7,11-14H2. The lowest BCUT2D eigenvalue weighted by molar-refractivity contribution is 0.110. The summed E-state index contributed by atoms with van der Waals surface area (Å²) in [5.41, 5.74) is 1.88. The molecule has 0 saturated carbocycles. The van der Waals surface area contributed by atoms with E-state index >= 15 is 0 Å². The molecule has 2 N–H and O–H groups in total. The van der Waals surface area contributed by atoms with E-state index in [0.29, 0.717) is 15.9 Å². The second-order valence-electron chi connectivity index (χ2n) is 6.90. The van der Waals surface area contributed by atoms with E-state index in [-0.39, 0.29) is 0 Å². The minimum atomic E-state index is -3.56. The van der Waals surface area contributed by atoms with Crippen LogP contribution in [0.25, 0.3) is 10.9 Å². The molecule has 0 radical (unpaired) electrons. The SMILES string of the molecule is O=S(=O)(c1ccccc1)c1c[nH]c2cccc(CCNCC3CCCO3)c12. The number of fused-ring (bicyclic) bond motifs is 1. The van der Waals surface area contributed by atoms with E-state index in [4.69, 9.17) is 4.74 Å². The van der Waals surface area contributed by atoms with Gasteiger partial charge in [0.1, 0.15) is 0 Å². The highest BCUT2D eigenvalue weighted by Crippen LogP contribution is 2.30. The van der Waals surface area contributed by atoms with Gasteiger partial charge in [0.05, 0.1) is 15.9 Å². The Morgan fingerprint density at radius 1 is 1.11 bits per heavy atom. The van der Waals surface area contributed by atoms with Crippen LogP contribution in [0.15, 0.2) is 64.5 Å². The molecule has 3 aromatic rings. The van der Waals surface area contributed by atoms with Gasteiger partial charge in [0.2, 0.25) is 9.84 Å². The van der Waals surface area contributed by atoms with Crippen LogP contribution in [0.2, 0.25) is 0 Å². The molecule has 1 aromatic heterocycles. The Morgan fingerprint density at radius 3 is 2.74 bits per heavy atom. The Kier molecular flexibility index (Phi) is 5.29. The lowest BCUT2D eigenvalue weighted by Gasteiger charge is -2.11. The van der Waals surface area contributed by atoms with Crippen molar-refractivity contribution in [1.29, 1.82) is 0 Å². The van der Waals surface area contributed by atoms with E-state index in [2.05, 4.69) is 10.3 Å². The first-order valence-electron chi connectivity index (χ1n) is 9.38. The largest absolute Gasteiger partial charge is 0.377 e. The summed E-state index contributed by atoms with van der Waals surface area (Å²) in [6, 6.07) is 14.5. The molecule has 1 aliphatic rings. The molecule has 2 aromatic carbocycles. The van der Waals surface area contributed by atoms with Crippen LogP contribution >= 0.6 is 0 Å². The Balaban J connectivity index is 1.58. The molecule has 5 nitrogen and oxygen atoms in total. The van der Waals surface area contributed by atoms with E-state index < -0.39 is 9.84 Å². The lowest BCUT2D eigenvalue weighted by atomic mass is 10.1. The first-order chi connectivity index (χ1) is 13.2. The van der Waals surface area contributed by atoms with Gasteiger partial charge in [-0.25, -0.2) is 8.42 Å². The van der Waals surface area contributed by atoms with Crippen molar-refractivity contribution in [2.75, 3.05) is 19.7 Å². The van der Waals surface area contributed by atoms with Crippen LogP contribution in [-0.4, -0.2) is 39.2 Å². The van der Waals surface area contributed by atoms with Crippen LogP contribution in [0.4, 0.5) is 0 Å². The van der Waals surface area contributed by atoms with Gasteiger partial charge < -0.3 is 15.0 Å². The summed E-state index contributed by atoms with van der Waals surface area (Å²) in [6.45, 7) is 2.49. The van der Waals surface area contributed by atoms with E-state index in [0.717, 1.165) is 55.4 Å². The molecule has 2 heterocycles. The van der Waals surface area contributed by atoms with Crippen LogP contribution in [0.5, 0.6) is 0 Å². The Bertz CT molecular complexity index is 1010. The first-order valence-corrected chi connectivity index (χ1v) is 10.9. The van der Waals surface area contributed by atoms with Gasteiger partial charge >= 0.3 is 0 Å². The lowest BCUT2D eigenvalue weighted by Crippen LogP contribution is -2.27. The number of hydrogen-bond acceptors (Lipinski definition) is 4. The van der Waals surface area contributed by atoms with E-state index in [1.54, 1.807) is 30.5 Å². The monoisotopic (exact) mass is 384 g/mol. The third kappa shape index (κ3) is 3.78. The highest BCUT2D eigenvalue weighted by Gasteiger charge is 2.23. The van der Waals surface area contributed by atoms with Gasteiger partial charge in [0.15, 0.2) is 0 Å². The molecule has 0 spiro atoms. The quantitative estimate of drug-likeness (QED) is 0.613. The highest BCUT2D eigenvalue weighted by molar-refractivity contribution is 7.91. The Hall–Kier alpha value is -2.15. The average molecular weight is 385 g/mol. The summed E-state index contributed by atoms with van der Waals surface area (Å²) < 4.78 is 31.9. The molecular weight excluding hydrogens is 360 g/mol. The predicted molar refractivity (Wildman–Crippen MR) is 106 cm³/mol. The number of rotatable bonds is 7. The topological polar surface area (TPSA) is 71.2 Å². The fourth-order valence-electron chi connectivity index (χ4n) is 3.67. The highest BCUT2D eigenvalue weighted by atomic mass is 32.2. The molecule has 27 heavy (non-hydrogen) atoms. The smallest absolute Gasteiger partial charge is 0.208 e. The molecule has 4 rings (SSSR count). The van der Waals surface area contributed by atoms with Crippen LogP contribution in [-0.2, 0) is 21.0 Å². The molecule has 1 saturated heterocycles. The normalized spacial score (nSPS) is 17.6. The summed E-state index contributed by atoms with van der Waals surface area (Å²) in [6.07, 6.45) is 4.92. The van der Waals surface area contributed by atoms with E-state index in [1.807, 2.05) is 24.3 Å². The van der Waals surface area contributed by atoms with Crippen molar-refractivity contribution in [2.24, 2.45) is 0 Å². The van der Waals surface area contributed by atoms with Crippen molar-refractivity contribution in [3.8, 4) is 0 Å². The van der Waals surface area contributed by atoms with Gasteiger partial charge in [-0.2, -0.15) is 0 Å².